The number of fused-ring (bicyclic) bond motifs is 4. The molecule has 6 aromatic carbocycles. The lowest BCUT2D eigenvalue weighted by Gasteiger charge is -2.23. The average Bonchev–Trinajstić information content (AvgIpc) is 3.53. The van der Waals surface area contributed by atoms with Crippen LogP contribution >= 0.6 is 0 Å². The number of nitrogens with zero attached hydrogens (tertiary/aromatic N) is 4. The van der Waals surface area contributed by atoms with Crippen LogP contribution in [0.15, 0.2) is 166 Å². The van der Waals surface area contributed by atoms with Crippen LogP contribution in [0.25, 0.3) is 55.5 Å². The first-order valence-electron chi connectivity index (χ1n) is 15.6. The molecule has 8 aromatic rings. The lowest BCUT2D eigenvalue weighted by molar-refractivity contribution is 0.667. The molecule has 0 amide bonds. The van der Waals surface area contributed by atoms with E-state index in [9.17, 15) is 0 Å². The monoisotopic (exact) mass is 605 g/mol. The van der Waals surface area contributed by atoms with E-state index in [1.165, 1.54) is 0 Å². The molecule has 6 nitrogen and oxygen atoms in total. The van der Waals surface area contributed by atoms with Crippen molar-refractivity contribution < 1.29 is 4.42 Å². The van der Waals surface area contributed by atoms with Crippen molar-refractivity contribution >= 4 is 44.5 Å². The maximum absolute atomic E-state index is 6.50. The van der Waals surface area contributed by atoms with Crippen LogP contribution in [0.4, 0.5) is 0 Å². The quantitative estimate of drug-likeness (QED) is 0.212. The first-order chi connectivity index (χ1) is 23.3. The molecule has 47 heavy (non-hydrogen) atoms. The van der Waals surface area contributed by atoms with Crippen LogP contribution in [-0.2, 0) is 0 Å². The fraction of sp³-hybridized carbons (Fsp3) is 0.0244. The summed E-state index contributed by atoms with van der Waals surface area (Å²) in [5.74, 6) is 2.12. The number of para-hydroxylation sites is 2. The Morgan fingerprint density at radius 2 is 1.06 bits per heavy atom. The summed E-state index contributed by atoms with van der Waals surface area (Å²) in [6.45, 7) is 0. The molecule has 0 saturated carbocycles. The molecular weight excluding hydrogens is 578 g/mol. The molecule has 0 fully saturated rings. The van der Waals surface area contributed by atoms with Gasteiger partial charge in [-0.2, -0.15) is 0 Å². The largest absolute Gasteiger partial charge is 0.456 e. The Morgan fingerprint density at radius 1 is 0.489 bits per heavy atom. The summed E-state index contributed by atoms with van der Waals surface area (Å²) in [5.41, 5.74) is 8.05. The van der Waals surface area contributed by atoms with Gasteiger partial charge in [0.2, 0.25) is 0 Å². The third-order valence-electron chi connectivity index (χ3n) is 8.53. The van der Waals surface area contributed by atoms with Crippen molar-refractivity contribution in [2.24, 2.45) is 9.98 Å². The molecule has 0 spiro atoms. The third kappa shape index (κ3) is 4.84. The Morgan fingerprint density at radius 3 is 1.74 bits per heavy atom. The number of benzene rings is 6. The molecule has 0 saturated heterocycles. The second kappa shape index (κ2) is 11.2. The second-order valence-corrected chi connectivity index (χ2v) is 11.5. The molecular formula is C41H27N5O. The van der Waals surface area contributed by atoms with Crippen LogP contribution in [0, 0.1) is 0 Å². The first kappa shape index (κ1) is 27.0. The summed E-state index contributed by atoms with van der Waals surface area (Å²) >= 11 is 0. The summed E-state index contributed by atoms with van der Waals surface area (Å²) in [7, 11) is 0. The van der Waals surface area contributed by atoms with Crippen molar-refractivity contribution in [2.75, 3.05) is 0 Å². The van der Waals surface area contributed by atoms with Gasteiger partial charge in [-0.25, -0.2) is 20.0 Å². The normalized spacial score (nSPS) is 13.4. The minimum Gasteiger partial charge on any atom is -0.456 e. The highest BCUT2D eigenvalue weighted by atomic mass is 16.3. The molecule has 3 heterocycles. The number of furan rings is 1. The standard InChI is InChI=1S/C41H27N5O/c1-4-14-26(15-5-1)37-30-20-10-12-22-33(30)42-40(43-37)29-24-32(36-31-21-11-13-23-34(31)47-35(36)25-29)41-45-38(27-16-6-2-7-17-27)44-39(46-41)28-18-8-3-9-19-28/h1-25,41H,(H,44,45,46). The number of hydrogen-bond acceptors (Lipinski definition) is 6. The smallest absolute Gasteiger partial charge is 0.170 e. The zero-order valence-electron chi connectivity index (χ0n) is 25.2. The van der Waals surface area contributed by atoms with E-state index < -0.39 is 6.17 Å². The third-order valence-corrected chi connectivity index (χ3v) is 8.53. The first-order valence-corrected chi connectivity index (χ1v) is 15.6. The van der Waals surface area contributed by atoms with Gasteiger partial charge in [0, 0.05) is 44.0 Å². The fourth-order valence-corrected chi connectivity index (χ4v) is 6.32. The van der Waals surface area contributed by atoms with Crippen LogP contribution in [0.3, 0.4) is 0 Å². The Hall–Kier alpha value is -6.40. The lowest BCUT2D eigenvalue weighted by atomic mass is 9.99. The maximum Gasteiger partial charge on any atom is 0.170 e. The molecule has 9 rings (SSSR count). The van der Waals surface area contributed by atoms with E-state index in [0.29, 0.717) is 5.82 Å². The van der Waals surface area contributed by atoms with Crippen LogP contribution in [0.5, 0.6) is 0 Å². The van der Waals surface area contributed by atoms with Gasteiger partial charge in [0.15, 0.2) is 12.0 Å². The van der Waals surface area contributed by atoms with Crippen molar-refractivity contribution in [1.82, 2.24) is 15.3 Å². The van der Waals surface area contributed by atoms with E-state index in [4.69, 9.17) is 24.4 Å². The SMILES string of the molecule is c1ccc(C2=NC(c3cc(-c4nc(-c5ccccc5)c5ccccc5n4)cc4oc5ccccc5c34)N=C(c3ccccc3)N2)cc1. The zero-order chi connectivity index (χ0) is 31.2. The number of nitrogens with one attached hydrogen (secondary N) is 1. The summed E-state index contributed by atoms with van der Waals surface area (Å²) < 4.78 is 6.50. The highest BCUT2D eigenvalue weighted by Gasteiger charge is 2.26. The van der Waals surface area contributed by atoms with Crippen molar-refractivity contribution in [2.45, 2.75) is 6.17 Å². The predicted octanol–water partition coefficient (Wildman–Crippen LogP) is 9.36. The predicted molar refractivity (Wildman–Crippen MR) is 190 cm³/mol. The van der Waals surface area contributed by atoms with Crippen molar-refractivity contribution in [3.8, 4) is 22.6 Å². The molecule has 0 unspecified atom stereocenters. The topological polar surface area (TPSA) is 75.7 Å². The van der Waals surface area contributed by atoms with Crippen molar-refractivity contribution in [3.05, 3.63) is 168 Å². The zero-order valence-corrected chi connectivity index (χ0v) is 25.2. The van der Waals surface area contributed by atoms with Gasteiger partial charge in [-0.3, -0.25) is 0 Å². The number of aromatic nitrogens is 2. The van der Waals surface area contributed by atoms with E-state index in [2.05, 4.69) is 59.9 Å². The number of amidine groups is 2. The average molecular weight is 606 g/mol. The highest BCUT2D eigenvalue weighted by molar-refractivity contribution is 6.16. The molecule has 0 aliphatic carbocycles. The Kier molecular flexibility index (Phi) is 6.42. The van der Waals surface area contributed by atoms with E-state index in [0.717, 1.165) is 78.0 Å². The minimum absolute atomic E-state index is 0.556. The molecule has 6 heteroatoms. The second-order valence-electron chi connectivity index (χ2n) is 11.5. The van der Waals surface area contributed by atoms with Crippen LogP contribution in [0.1, 0.15) is 22.9 Å². The summed E-state index contributed by atoms with van der Waals surface area (Å²) in [5, 5.41) is 6.50. The number of hydrogen-bond donors (Lipinski definition) is 1. The molecule has 222 valence electrons. The van der Waals surface area contributed by atoms with Gasteiger partial charge < -0.3 is 9.73 Å². The summed E-state index contributed by atoms with van der Waals surface area (Å²) in [6.07, 6.45) is -0.556. The molecule has 1 aliphatic heterocycles. The van der Waals surface area contributed by atoms with Crippen molar-refractivity contribution in [3.63, 3.8) is 0 Å². The molecule has 0 bridgehead atoms. The molecule has 1 N–H and O–H groups in total. The van der Waals surface area contributed by atoms with E-state index in [1.807, 2.05) is 97.1 Å². The molecule has 2 aromatic heterocycles. The van der Waals surface area contributed by atoms with E-state index >= 15 is 0 Å². The van der Waals surface area contributed by atoms with Crippen LogP contribution in [-0.4, -0.2) is 21.6 Å². The number of aliphatic imine (C=N–C) groups is 2. The van der Waals surface area contributed by atoms with Gasteiger partial charge in [-0.05, 0) is 24.3 Å². The van der Waals surface area contributed by atoms with Crippen LogP contribution < -0.4 is 5.32 Å². The van der Waals surface area contributed by atoms with Gasteiger partial charge in [0.1, 0.15) is 22.8 Å². The van der Waals surface area contributed by atoms with Gasteiger partial charge in [-0.15, -0.1) is 0 Å². The molecule has 0 radical (unpaired) electrons. The fourth-order valence-electron chi connectivity index (χ4n) is 6.32. The lowest BCUT2D eigenvalue weighted by Crippen LogP contribution is -2.36. The van der Waals surface area contributed by atoms with Crippen LogP contribution in [0.2, 0.25) is 0 Å². The Bertz CT molecular complexity index is 2430. The van der Waals surface area contributed by atoms with E-state index in [-0.39, 0.29) is 0 Å². The van der Waals surface area contributed by atoms with Gasteiger partial charge >= 0.3 is 0 Å². The van der Waals surface area contributed by atoms with Gasteiger partial charge in [0.25, 0.3) is 0 Å². The number of rotatable bonds is 5. The Balaban J connectivity index is 1.31. The summed E-state index contributed by atoms with van der Waals surface area (Å²) in [6, 6.07) is 51.0. The summed E-state index contributed by atoms with van der Waals surface area (Å²) in [4.78, 5) is 20.7. The molecule has 0 atom stereocenters. The molecule has 1 aliphatic rings. The highest BCUT2D eigenvalue weighted by Crippen LogP contribution is 2.40. The van der Waals surface area contributed by atoms with E-state index in [1.54, 1.807) is 0 Å². The van der Waals surface area contributed by atoms with Gasteiger partial charge in [-0.1, -0.05) is 127 Å². The van der Waals surface area contributed by atoms with Gasteiger partial charge in [0.05, 0.1) is 11.2 Å². The van der Waals surface area contributed by atoms with Crippen molar-refractivity contribution in [1.29, 1.82) is 0 Å². The Labute approximate surface area is 270 Å². The maximum atomic E-state index is 6.50. The minimum atomic E-state index is -0.556.